The average Bonchev–Trinajstić information content (AvgIpc) is 2.77. The molecule has 1 aliphatic heterocycles. The average molecular weight is 225 g/mol. The van der Waals surface area contributed by atoms with Crippen LogP contribution in [-0.4, -0.2) is 49.1 Å². The van der Waals surface area contributed by atoms with Crippen molar-refractivity contribution in [2.24, 2.45) is 0 Å². The monoisotopic (exact) mass is 225 g/mol. The molecule has 1 saturated heterocycles. The lowest BCUT2D eigenvalue weighted by Gasteiger charge is -2.43. The van der Waals surface area contributed by atoms with Crippen molar-refractivity contribution < 1.29 is 4.79 Å². The van der Waals surface area contributed by atoms with E-state index in [1.54, 1.807) is 0 Å². The highest BCUT2D eigenvalue weighted by molar-refractivity contribution is 5.83. The van der Waals surface area contributed by atoms with E-state index in [1.807, 2.05) is 7.05 Å². The number of likely N-dealkylation sites (N-methyl/N-ethyl adjacent to an activating group) is 1. The number of hydrogen-bond donors (Lipinski definition) is 2. The molecule has 0 bridgehead atoms. The van der Waals surface area contributed by atoms with Crippen LogP contribution in [0.25, 0.3) is 0 Å². The van der Waals surface area contributed by atoms with E-state index < -0.39 is 0 Å². The van der Waals surface area contributed by atoms with Gasteiger partial charge in [-0.05, 0) is 26.8 Å². The van der Waals surface area contributed by atoms with Crippen LogP contribution in [-0.2, 0) is 4.79 Å². The topological polar surface area (TPSA) is 44.4 Å². The van der Waals surface area contributed by atoms with Crippen LogP contribution in [0.1, 0.15) is 32.6 Å². The highest BCUT2D eigenvalue weighted by Crippen LogP contribution is 2.28. The molecular weight excluding hydrogens is 202 g/mol. The van der Waals surface area contributed by atoms with E-state index in [1.165, 1.54) is 25.7 Å². The minimum Gasteiger partial charge on any atom is -0.353 e. The van der Waals surface area contributed by atoms with Gasteiger partial charge in [-0.2, -0.15) is 0 Å². The molecule has 16 heavy (non-hydrogen) atoms. The lowest BCUT2D eigenvalue weighted by atomic mass is 10.0. The normalized spacial score (nSPS) is 33.0. The van der Waals surface area contributed by atoms with Crippen LogP contribution >= 0.6 is 0 Å². The van der Waals surface area contributed by atoms with Crippen LogP contribution in [0.5, 0.6) is 0 Å². The van der Waals surface area contributed by atoms with Crippen molar-refractivity contribution in [3.05, 3.63) is 0 Å². The van der Waals surface area contributed by atoms with Crippen LogP contribution in [0.2, 0.25) is 0 Å². The van der Waals surface area contributed by atoms with E-state index in [9.17, 15) is 4.79 Å². The van der Waals surface area contributed by atoms with E-state index >= 15 is 0 Å². The van der Waals surface area contributed by atoms with Gasteiger partial charge in [0.25, 0.3) is 0 Å². The summed E-state index contributed by atoms with van der Waals surface area (Å²) in [6.07, 6.45) is 5.17. The molecule has 1 amide bonds. The number of carbonyl (C=O) groups is 1. The first-order valence-electron chi connectivity index (χ1n) is 6.43. The molecule has 4 heteroatoms. The van der Waals surface area contributed by atoms with E-state index in [-0.39, 0.29) is 11.9 Å². The Morgan fingerprint density at radius 3 is 2.75 bits per heavy atom. The molecule has 92 valence electrons. The second kappa shape index (κ2) is 5.15. The van der Waals surface area contributed by atoms with Gasteiger partial charge in [0.2, 0.25) is 5.91 Å². The van der Waals surface area contributed by atoms with Crippen molar-refractivity contribution in [2.75, 3.05) is 20.1 Å². The van der Waals surface area contributed by atoms with Gasteiger partial charge < -0.3 is 10.6 Å². The fourth-order valence-corrected chi connectivity index (χ4v) is 3.12. The Balaban J connectivity index is 2.10. The smallest absolute Gasteiger partial charge is 0.238 e. The Kier molecular flexibility index (Phi) is 3.82. The first-order valence-corrected chi connectivity index (χ1v) is 6.43. The fraction of sp³-hybridized carbons (Fsp3) is 0.917. The van der Waals surface area contributed by atoms with Crippen molar-refractivity contribution in [1.82, 2.24) is 15.5 Å². The van der Waals surface area contributed by atoms with Gasteiger partial charge in [0.1, 0.15) is 6.04 Å². The third-order valence-corrected chi connectivity index (χ3v) is 3.89. The molecule has 0 spiro atoms. The summed E-state index contributed by atoms with van der Waals surface area (Å²) in [7, 11) is 1.92. The molecule has 1 heterocycles. The number of rotatable bonds is 3. The molecule has 4 nitrogen and oxygen atoms in total. The molecule has 1 saturated carbocycles. The van der Waals surface area contributed by atoms with Crippen molar-refractivity contribution >= 4 is 5.91 Å². The zero-order valence-corrected chi connectivity index (χ0v) is 10.3. The molecular formula is C12H23N3O. The molecule has 0 aromatic heterocycles. The van der Waals surface area contributed by atoms with Gasteiger partial charge in [-0.15, -0.1) is 0 Å². The Labute approximate surface area is 97.8 Å². The summed E-state index contributed by atoms with van der Waals surface area (Å²) < 4.78 is 0. The van der Waals surface area contributed by atoms with Crippen molar-refractivity contribution in [2.45, 2.75) is 50.7 Å². The summed E-state index contributed by atoms with van der Waals surface area (Å²) in [6.45, 7) is 3.78. The van der Waals surface area contributed by atoms with Crippen molar-refractivity contribution in [3.8, 4) is 0 Å². The first kappa shape index (κ1) is 11.9. The van der Waals surface area contributed by atoms with Gasteiger partial charge >= 0.3 is 0 Å². The molecule has 1 aliphatic carbocycles. The van der Waals surface area contributed by atoms with Crippen LogP contribution in [0.4, 0.5) is 0 Å². The molecule has 2 atom stereocenters. The molecule has 2 rings (SSSR count). The maximum absolute atomic E-state index is 11.9. The number of amides is 1. The van der Waals surface area contributed by atoms with Crippen LogP contribution in [0.3, 0.4) is 0 Å². The zero-order chi connectivity index (χ0) is 11.5. The minimum atomic E-state index is 0.0249. The Morgan fingerprint density at radius 2 is 2.12 bits per heavy atom. The summed E-state index contributed by atoms with van der Waals surface area (Å²) in [5.41, 5.74) is 0. The number of hydrogen-bond acceptors (Lipinski definition) is 3. The highest BCUT2D eigenvalue weighted by atomic mass is 16.2. The second-order valence-corrected chi connectivity index (χ2v) is 5.05. The van der Waals surface area contributed by atoms with Crippen molar-refractivity contribution in [1.29, 1.82) is 0 Å². The van der Waals surface area contributed by atoms with Gasteiger partial charge in [-0.25, -0.2) is 0 Å². The lowest BCUT2D eigenvalue weighted by molar-refractivity contribution is -0.132. The quantitative estimate of drug-likeness (QED) is 0.728. The van der Waals surface area contributed by atoms with Gasteiger partial charge in [-0.1, -0.05) is 12.8 Å². The van der Waals surface area contributed by atoms with E-state index in [0.717, 1.165) is 13.1 Å². The summed E-state index contributed by atoms with van der Waals surface area (Å²) in [6, 6.07) is 1.12. The lowest BCUT2D eigenvalue weighted by Crippen LogP contribution is -2.64. The fourth-order valence-electron chi connectivity index (χ4n) is 3.12. The van der Waals surface area contributed by atoms with Gasteiger partial charge in [0, 0.05) is 25.2 Å². The van der Waals surface area contributed by atoms with E-state index in [4.69, 9.17) is 0 Å². The number of carbonyl (C=O) groups excluding carboxylic acids is 1. The van der Waals surface area contributed by atoms with E-state index in [0.29, 0.717) is 12.1 Å². The zero-order valence-electron chi connectivity index (χ0n) is 10.3. The molecule has 2 fully saturated rings. The third kappa shape index (κ3) is 2.23. The molecule has 0 radical (unpaired) electrons. The summed E-state index contributed by atoms with van der Waals surface area (Å²) in [4.78, 5) is 14.4. The molecule has 2 unspecified atom stereocenters. The highest BCUT2D eigenvalue weighted by Gasteiger charge is 2.38. The maximum atomic E-state index is 11.9. The standard InChI is InChI=1S/C12H23N3O/c1-9-7-14-12(16)11(8-13-2)15(9)10-5-3-4-6-10/h9-11,13H,3-8H2,1-2H3,(H,14,16). The summed E-state index contributed by atoms with van der Waals surface area (Å²) >= 11 is 0. The molecule has 2 aliphatic rings. The van der Waals surface area contributed by atoms with Gasteiger partial charge in [-0.3, -0.25) is 9.69 Å². The second-order valence-electron chi connectivity index (χ2n) is 5.05. The Morgan fingerprint density at radius 1 is 1.44 bits per heavy atom. The Hall–Kier alpha value is -0.610. The minimum absolute atomic E-state index is 0.0249. The predicted octanol–water partition coefficient (Wildman–Crippen LogP) is 0.337. The summed E-state index contributed by atoms with van der Waals surface area (Å²) in [5, 5.41) is 6.14. The first-order chi connectivity index (χ1) is 7.74. The number of nitrogens with zero attached hydrogens (tertiary/aromatic N) is 1. The summed E-state index contributed by atoms with van der Waals surface area (Å²) in [5.74, 6) is 0.194. The third-order valence-electron chi connectivity index (χ3n) is 3.89. The Bertz CT molecular complexity index is 251. The molecule has 0 aromatic carbocycles. The largest absolute Gasteiger partial charge is 0.353 e. The predicted molar refractivity (Wildman–Crippen MR) is 64.3 cm³/mol. The maximum Gasteiger partial charge on any atom is 0.238 e. The van der Waals surface area contributed by atoms with Crippen LogP contribution in [0, 0.1) is 0 Å². The van der Waals surface area contributed by atoms with E-state index in [2.05, 4.69) is 22.5 Å². The van der Waals surface area contributed by atoms with Crippen molar-refractivity contribution in [3.63, 3.8) is 0 Å². The van der Waals surface area contributed by atoms with Crippen LogP contribution in [0.15, 0.2) is 0 Å². The van der Waals surface area contributed by atoms with Gasteiger partial charge in [0.15, 0.2) is 0 Å². The van der Waals surface area contributed by atoms with Gasteiger partial charge in [0.05, 0.1) is 0 Å². The molecule has 2 N–H and O–H groups in total. The SMILES string of the molecule is CNCC1C(=O)NCC(C)N1C1CCCC1. The number of nitrogens with one attached hydrogen (secondary N) is 2. The molecule has 0 aromatic rings. The number of piperazine rings is 1. The van der Waals surface area contributed by atoms with Crippen LogP contribution < -0.4 is 10.6 Å².